The van der Waals surface area contributed by atoms with Crippen LogP contribution in [0.5, 0.6) is 5.75 Å². The van der Waals surface area contributed by atoms with E-state index < -0.39 is 57.4 Å². The van der Waals surface area contributed by atoms with E-state index in [1.54, 1.807) is 0 Å². The van der Waals surface area contributed by atoms with Gasteiger partial charge in [0.05, 0.1) is 23.1 Å². The molecule has 0 bridgehead atoms. The van der Waals surface area contributed by atoms with Crippen molar-refractivity contribution >= 4 is 45.4 Å². The third-order valence-corrected chi connectivity index (χ3v) is 8.04. The van der Waals surface area contributed by atoms with Crippen LogP contribution in [0.1, 0.15) is 38.3 Å². The molecule has 11 nitrogen and oxygen atoms in total. The maximum atomic E-state index is 12.7. The van der Waals surface area contributed by atoms with E-state index in [2.05, 4.69) is 10.0 Å². The van der Waals surface area contributed by atoms with E-state index in [0.717, 1.165) is 23.8 Å². The highest BCUT2D eigenvalue weighted by Crippen LogP contribution is 2.21. The van der Waals surface area contributed by atoms with Gasteiger partial charge in [-0.2, -0.15) is 0 Å². The molecule has 210 valence electrons. The first-order valence-corrected chi connectivity index (χ1v) is 14.4. The van der Waals surface area contributed by atoms with E-state index in [9.17, 15) is 37.8 Å². The molecular formula is C27H26N2O9S2. The molecule has 0 saturated heterocycles. The summed E-state index contributed by atoms with van der Waals surface area (Å²) < 4.78 is 27.4. The van der Waals surface area contributed by atoms with Crippen LogP contribution in [0.15, 0.2) is 77.7 Å². The lowest BCUT2D eigenvalue weighted by Crippen LogP contribution is -2.43. The molecule has 3 rings (SSSR count). The van der Waals surface area contributed by atoms with Gasteiger partial charge in [-0.3, -0.25) is 14.4 Å². The van der Waals surface area contributed by atoms with Crippen molar-refractivity contribution in [3.63, 3.8) is 0 Å². The van der Waals surface area contributed by atoms with Crippen LogP contribution in [0, 0.1) is 0 Å². The number of carbonyl (C=O) groups excluding carboxylic acids is 2. The summed E-state index contributed by atoms with van der Waals surface area (Å²) in [5.41, 5.74) is 1.05. The first-order valence-electron chi connectivity index (χ1n) is 11.8. The predicted molar refractivity (Wildman–Crippen MR) is 147 cm³/mol. The Kier molecular flexibility index (Phi) is 10.4. The van der Waals surface area contributed by atoms with Gasteiger partial charge >= 0.3 is 11.9 Å². The van der Waals surface area contributed by atoms with E-state index >= 15 is 0 Å². The number of carboxylic acid groups (broad SMARTS) is 2. The molecule has 13 heteroatoms. The molecule has 0 saturated carbocycles. The number of phenols is 1. The summed E-state index contributed by atoms with van der Waals surface area (Å²) in [5, 5.41) is 30.3. The molecule has 0 heterocycles. The number of aromatic hydroxyl groups is 1. The van der Waals surface area contributed by atoms with Crippen molar-refractivity contribution in [2.24, 2.45) is 0 Å². The summed E-state index contributed by atoms with van der Waals surface area (Å²) in [6.07, 6.45) is -0.572. The summed E-state index contributed by atoms with van der Waals surface area (Å²) in [7, 11) is -4.12. The van der Waals surface area contributed by atoms with Gasteiger partial charge < -0.3 is 20.6 Å². The minimum Gasteiger partial charge on any atom is -0.507 e. The highest BCUT2D eigenvalue weighted by atomic mass is 32.2. The number of benzene rings is 3. The van der Waals surface area contributed by atoms with E-state index in [1.165, 1.54) is 36.0 Å². The third-order valence-electron chi connectivity index (χ3n) is 5.62. The van der Waals surface area contributed by atoms with Crippen LogP contribution >= 0.6 is 11.8 Å². The fourth-order valence-corrected chi connectivity index (χ4v) is 5.47. The Balaban J connectivity index is 1.59. The van der Waals surface area contributed by atoms with Gasteiger partial charge in [-0.25, -0.2) is 17.9 Å². The minimum atomic E-state index is -4.12. The number of ketones is 1. The van der Waals surface area contributed by atoms with Crippen molar-refractivity contribution < 1.29 is 42.9 Å². The van der Waals surface area contributed by atoms with E-state index in [-0.39, 0.29) is 22.8 Å². The summed E-state index contributed by atoms with van der Waals surface area (Å²) in [6.45, 7) is -0.188. The van der Waals surface area contributed by atoms with Crippen molar-refractivity contribution in [1.82, 2.24) is 10.0 Å². The molecule has 0 aromatic heterocycles. The SMILES string of the molecule is O=C(O)CC(NC(=O)c1ccc(CNS(=O)(=O)c2ccc(O)c(C(=O)O)c2)cc1)C(=O)CSCc1ccccc1. The number of aromatic carboxylic acids is 1. The quantitative estimate of drug-likeness (QED) is 0.188. The van der Waals surface area contributed by atoms with Gasteiger partial charge in [0.25, 0.3) is 5.91 Å². The summed E-state index contributed by atoms with van der Waals surface area (Å²) in [6, 6.07) is 16.8. The van der Waals surface area contributed by atoms with Gasteiger partial charge in [-0.15, -0.1) is 11.8 Å². The number of rotatable bonds is 14. The van der Waals surface area contributed by atoms with Crippen molar-refractivity contribution in [2.75, 3.05) is 5.75 Å². The van der Waals surface area contributed by atoms with Crippen LogP contribution in [-0.2, 0) is 31.9 Å². The average Bonchev–Trinajstić information content (AvgIpc) is 2.92. The number of hydrogen-bond acceptors (Lipinski definition) is 8. The number of nitrogens with one attached hydrogen (secondary N) is 2. The largest absolute Gasteiger partial charge is 0.507 e. The Bertz CT molecular complexity index is 1490. The number of Topliss-reactive ketones (excluding diaryl/α,β-unsaturated/α-hetero) is 1. The molecule has 3 aromatic carbocycles. The predicted octanol–water partition coefficient (Wildman–Crippen LogP) is 2.64. The van der Waals surface area contributed by atoms with Gasteiger partial charge in [0.2, 0.25) is 10.0 Å². The zero-order valence-electron chi connectivity index (χ0n) is 20.9. The summed E-state index contributed by atoms with van der Waals surface area (Å²) in [4.78, 5) is 47.5. The van der Waals surface area contributed by atoms with E-state index in [0.29, 0.717) is 11.3 Å². The van der Waals surface area contributed by atoms with Gasteiger partial charge in [0.1, 0.15) is 11.3 Å². The van der Waals surface area contributed by atoms with Crippen LogP contribution in [0.3, 0.4) is 0 Å². The molecule has 3 aromatic rings. The molecule has 0 spiro atoms. The van der Waals surface area contributed by atoms with Crippen molar-refractivity contribution in [2.45, 2.75) is 29.7 Å². The Labute approximate surface area is 234 Å². The maximum Gasteiger partial charge on any atom is 0.339 e. The second-order valence-electron chi connectivity index (χ2n) is 8.57. The Hall–Kier alpha value is -4.20. The second kappa shape index (κ2) is 13.7. The molecule has 0 radical (unpaired) electrons. The highest BCUT2D eigenvalue weighted by Gasteiger charge is 2.24. The molecule has 1 unspecified atom stereocenters. The maximum absolute atomic E-state index is 12.7. The van der Waals surface area contributed by atoms with E-state index in [4.69, 9.17) is 5.11 Å². The number of aliphatic carboxylic acids is 1. The molecule has 40 heavy (non-hydrogen) atoms. The summed E-state index contributed by atoms with van der Waals surface area (Å²) >= 11 is 1.31. The lowest BCUT2D eigenvalue weighted by molar-refractivity contribution is -0.139. The number of carboxylic acids is 2. The Morgan fingerprint density at radius 3 is 2.17 bits per heavy atom. The zero-order valence-corrected chi connectivity index (χ0v) is 22.6. The van der Waals surface area contributed by atoms with Crippen LogP contribution in [-0.4, -0.2) is 59.2 Å². The first kappa shape index (κ1) is 30.3. The first-order chi connectivity index (χ1) is 19.0. The molecule has 0 aliphatic heterocycles. The fourth-order valence-electron chi connectivity index (χ4n) is 3.50. The monoisotopic (exact) mass is 586 g/mol. The molecule has 0 fully saturated rings. The lowest BCUT2D eigenvalue weighted by atomic mass is 10.1. The Morgan fingerprint density at radius 1 is 0.875 bits per heavy atom. The number of thioether (sulfide) groups is 1. The standard InChI is InChI=1S/C27H26N2O9S2/c30-23-11-10-20(12-21(23)27(35)36)40(37,38)28-14-17-6-8-19(9-7-17)26(34)29-22(13-25(32)33)24(31)16-39-15-18-4-2-1-3-5-18/h1-12,22,28,30H,13-16H2,(H,29,34)(H,32,33)(H,35,36). The van der Waals surface area contributed by atoms with E-state index in [1.807, 2.05) is 30.3 Å². The van der Waals surface area contributed by atoms with Crippen molar-refractivity contribution in [3.05, 3.63) is 95.1 Å². The minimum absolute atomic E-state index is 0.0151. The molecule has 0 aliphatic rings. The van der Waals surface area contributed by atoms with Gasteiger partial charge in [-0.1, -0.05) is 42.5 Å². The van der Waals surface area contributed by atoms with Crippen LogP contribution in [0.4, 0.5) is 0 Å². The van der Waals surface area contributed by atoms with Crippen LogP contribution in [0.2, 0.25) is 0 Å². The number of amides is 1. The smallest absolute Gasteiger partial charge is 0.339 e. The van der Waals surface area contributed by atoms with Crippen molar-refractivity contribution in [3.8, 4) is 5.75 Å². The molecule has 1 amide bonds. The molecule has 1 atom stereocenters. The number of sulfonamides is 1. The van der Waals surface area contributed by atoms with Crippen molar-refractivity contribution in [1.29, 1.82) is 0 Å². The fraction of sp³-hybridized carbons (Fsp3) is 0.185. The van der Waals surface area contributed by atoms with Gasteiger partial charge in [-0.05, 0) is 41.5 Å². The molecule has 5 N–H and O–H groups in total. The molecule has 0 aliphatic carbocycles. The Morgan fingerprint density at radius 2 is 1.55 bits per heavy atom. The number of carbonyl (C=O) groups is 4. The molecular weight excluding hydrogens is 560 g/mol. The summed E-state index contributed by atoms with van der Waals surface area (Å²) in [5.74, 6) is -3.81. The highest BCUT2D eigenvalue weighted by molar-refractivity contribution is 7.99. The van der Waals surface area contributed by atoms with Crippen LogP contribution < -0.4 is 10.0 Å². The lowest BCUT2D eigenvalue weighted by Gasteiger charge is -2.16. The second-order valence-corrected chi connectivity index (χ2v) is 11.3. The van der Waals surface area contributed by atoms with Gasteiger partial charge in [0.15, 0.2) is 5.78 Å². The third kappa shape index (κ3) is 8.66. The van der Waals surface area contributed by atoms with Crippen LogP contribution in [0.25, 0.3) is 0 Å². The normalized spacial score (nSPS) is 11.9. The van der Waals surface area contributed by atoms with Gasteiger partial charge in [0, 0.05) is 17.9 Å². The zero-order chi connectivity index (χ0) is 29.3. The number of hydrogen-bond donors (Lipinski definition) is 5. The average molecular weight is 587 g/mol. The topological polar surface area (TPSA) is 187 Å².